The van der Waals surface area contributed by atoms with E-state index < -0.39 is 0 Å². The monoisotopic (exact) mass is 165 g/mol. The zero-order valence-electron chi connectivity index (χ0n) is 7.62. The zero-order chi connectivity index (χ0) is 8.97. The van der Waals surface area contributed by atoms with E-state index in [2.05, 4.69) is 31.2 Å². The minimum atomic E-state index is 0.105. The van der Waals surface area contributed by atoms with Gasteiger partial charge in [0.2, 0.25) is 0 Å². The first-order chi connectivity index (χ1) is 5.72. The Labute approximate surface area is 73.4 Å². The van der Waals surface area contributed by atoms with E-state index in [1.165, 1.54) is 11.1 Å². The summed E-state index contributed by atoms with van der Waals surface area (Å²) in [6.07, 6.45) is 0. The molecule has 0 bridgehead atoms. The van der Waals surface area contributed by atoms with Gasteiger partial charge in [0.1, 0.15) is 0 Å². The molecular formula is C10H15NO. The molecule has 0 radical (unpaired) electrons. The highest BCUT2D eigenvalue weighted by molar-refractivity contribution is 5.20. The topological polar surface area (TPSA) is 23.5 Å². The van der Waals surface area contributed by atoms with E-state index in [4.69, 9.17) is 5.11 Å². The first-order valence-electron chi connectivity index (χ1n) is 4.07. The molecule has 0 amide bonds. The van der Waals surface area contributed by atoms with Crippen molar-refractivity contribution in [2.24, 2.45) is 0 Å². The van der Waals surface area contributed by atoms with Crippen LogP contribution in [0.15, 0.2) is 24.3 Å². The van der Waals surface area contributed by atoms with Crippen LogP contribution in [0.25, 0.3) is 0 Å². The average molecular weight is 165 g/mol. The molecular weight excluding hydrogens is 150 g/mol. The first kappa shape index (κ1) is 9.23. The molecule has 0 aromatic heterocycles. The second kappa shape index (κ2) is 4.24. The van der Waals surface area contributed by atoms with E-state index in [9.17, 15) is 0 Å². The number of rotatable bonds is 3. The molecule has 0 fully saturated rings. The maximum absolute atomic E-state index is 8.78. The summed E-state index contributed by atoms with van der Waals surface area (Å²) in [4.78, 5) is 1.85. The highest BCUT2D eigenvalue weighted by Gasteiger charge is 1.96. The van der Waals surface area contributed by atoms with Crippen LogP contribution in [-0.4, -0.2) is 23.8 Å². The Morgan fingerprint density at radius 3 is 2.33 bits per heavy atom. The molecule has 1 aromatic carbocycles. The zero-order valence-corrected chi connectivity index (χ0v) is 7.62. The summed E-state index contributed by atoms with van der Waals surface area (Å²) in [6.45, 7) is 2.98. The molecule has 0 saturated heterocycles. The molecule has 1 rings (SSSR count). The Hall–Kier alpha value is -0.860. The summed E-state index contributed by atoms with van der Waals surface area (Å²) in [6, 6.07) is 8.34. The molecule has 1 aromatic rings. The predicted molar refractivity (Wildman–Crippen MR) is 49.7 cm³/mol. The lowest BCUT2D eigenvalue weighted by Crippen LogP contribution is -2.18. The van der Waals surface area contributed by atoms with Gasteiger partial charge >= 0.3 is 0 Å². The van der Waals surface area contributed by atoms with E-state index in [1.54, 1.807) is 0 Å². The number of aliphatic hydroxyl groups is 1. The van der Waals surface area contributed by atoms with Crippen molar-refractivity contribution >= 4 is 0 Å². The minimum Gasteiger partial charge on any atom is -0.381 e. The standard InChI is InChI=1S/C10H15NO/c1-9-3-5-10(6-4-9)7-11(2)8-12/h3-6,12H,7-8H2,1-2H3. The van der Waals surface area contributed by atoms with Gasteiger partial charge in [-0.25, -0.2) is 0 Å². The van der Waals surface area contributed by atoms with Crippen LogP contribution in [0, 0.1) is 6.92 Å². The lowest BCUT2D eigenvalue weighted by Gasteiger charge is -2.12. The van der Waals surface area contributed by atoms with Crippen LogP contribution in [0.5, 0.6) is 0 Å². The normalized spacial score (nSPS) is 10.7. The number of nitrogens with zero attached hydrogens (tertiary/aromatic N) is 1. The minimum absolute atomic E-state index is 0.105. The summed E-state index contributed by atoms with van der Waals surface area (Å²) in [7, 11) is 1.89. The van der Waals surface area contributed by atoms with Gasteiger partial charge in [0, 0.05) is 6.54 Å². The van der Waals surface area contributed by atoms with Gasteiger partial charge in [-0.2, -0.15) is 0 Å². The van der Waals surface area contributed by atoms with Gasteiger partial charge in [0.05, 0.1) is 6.73 Å². The van der Waals surface area contributed by atoms with Crippen LogP contribution in [0.4, 0.5) is 0 Å². The molecule has 0 heterocycles. The lowest BCUT2D eigenvalue weighted by molar-refractivity contribution is 0.127. The Morgan fingerprint density at radius 1 is 1.25 bits per heavy atom. The number of hydrogen-bond donors (Lipinski definition) is 1. The summed E-state index contributed by atoms with van der Waals surface area (Å²) in [5.41, 5.74) is 2.50. The number of aryl methyl sites for hydroxylation is 1. The van der Waals surface area contributed by atoms with Gasteiger partial charge < -0.3 is 5.11 Å². The molecule has 2 heteroatoms. The molecule has 0 aliphatic carbocycles. The van der Waals surface area contributed by atoms with Crippen molar-refractivity contribution in [2.45, 2.75) is 13.5 Å². The maximum Gasteiger partial charge on any atom is 0.0956 e. The van der Waals surface area contributed by atoms with E-state index in [0.717, 1.165) is 6.54 Å². The van der Waals surface area contributed by atoms with Crippen molar-refractivity contribution < 1.29 is 5.11 Å². The maximum atomic E-state index is 8.78. The van der Waals surface area contributed by atoms with Crippen molar-refractivity contribution in [1.29, 1.82) is 0 Å². The Balaban J connectivity index is 2.58. The van der Waals surface area contributed by atoms with E-state index >= 15 is 0 Å². The van der Waals surface area contributed by atoms with Crippen molar-refractivity contribution in [3.8, 4) is 0 Å². The number of benzene rings is 1. The quantitative estimate of drug-likeness (QED) is 0.684. The number of hydrogen-bond acceptors (Lipinski definition) is 2. The Bertz CT molecular complexity index is 230. The Morgan fingerprint density at radius 2 is 1.83 bits per heavy atom. The van der Waals surface area contributed by atoms with Crippen LogP contribution >= 0.6 is 0 Å². The SMILES string of the molecule is Cc1ccc(CN(C)CO)cc1. The van der Waals surface area contributed by atoms with Gasteiger partial charge in [-0.05, 0) is 19.5 Å². The fourth-order valence-electron chi connectivity index (χ4n) is 1.06. The third-order valence-electron chi connectivity index (χ3n) is 1.81. The fraction of sp³-hybridized carbons (Fsp3) is 0.400. The third-order valence-corrected chi connectivity index (χ3v) is 1.81. The number of aliphatic hydroxyl groups excluding tert-OH is 1. The first-order valence-corrected chi connectivity index (χ1v) is 4.07. The molecule has 1 N–H and O–H groups in total. The van der Waals surface area contributed by atoms with Crippen LogP contribution in [0.3, 0.4) is 0 Å². The van der Waals surface area contributed by atoms with Crippen LogP contribution in [0.2, 0.25) is 0 Å². The molecule has 2 nitrogen and oxygen atoms in total. The van der Waals surface area contributed by atoms with Gasteiger partial charge in [-0.15, -0.1) is 0 Å². The molecule has 12 heavy (non-hydrogen) atoms. The average Bonchev–Trinajstić information content (AvgIpc) is 2.09. The van der Waals surface area contributed by atoms with E-state index in [0.29, 0.717) is 0 Å². The Kier molecular flexibility index (Phi) is 3.26. The largest absolute Gasteiger partial charge is 0.381 e. The van der Waals surface area contributed by atoms with Crippen molar-refractivity contribution in [2.75, 3.05) is 13.8 Å². The molecule has 0 spiro atoms. The van der Waals surface area contributed by atoms with Crippen molar-refractivity contribution in [3.05, 3.63) is 35.4 Å². The third kappa shape index (κ3) is 2.64. The van der Waals surface area contributed by atoms with Gasteiger partial charge in [-0.3, -0.25) is 4.90 Å². The summed E-state index contributed by atoms with van der Waals surface area (Å²) < 4.78 is 0. The van der Waals surface area contributed by atoms with Crippen LogP contribution in [0.1, 0.15) is 11.1 Å². The fourth-order valence-corrected chi connectivity index (χ4v) is 1.06. The molecule has 0 saturated carbocycles. The second-order valence-electron chi connectivity index (χ2n) is 3.14. The summed E-state index contributed by atoms with van der Waals surface area (Å²) in [5, 5.41) is 8.78. The van der Waals surface area contributed by atoms with Gasteiger partial charge in [0.25, 0.3) is 0 Å². The lowest BCUT2D eigenvalue weighted by atomic mass is 10.1. The molecule has 66 valence electrons. The summed E-state index contributed by atoms with van der Waals surface area (Å²) >= 11 is 0. The van der Waals surface area contributed by atoms with Crippen LogP contribution < -0.4 is 0 Å². The molecule has 0 atom stereocenters. The van der Waals surface area contributed by atoms with Gasteiger partial charge in [-0.1, -0.05) is 29.8 Å². The molecule has 0 aliphatic rings. The highest BCUT2D eigenvalue weighted by Crippen LogP contribution is 2.04. The second-order valence-corrected chi connectivity index (χ2v) is 3.14. The molecule has 0 aliphatic heterocycles. The van der Waals surface area contributed by atoms with Crippen molar-refractivity contribution in [3.63, 3.8) is 0 Å². The van der Waals surface area contributed by atoms with Gasteiger partial charge in [0.15, 0.2) is 0 Å². The molecule has 0 unspecified atom stereocenters. The van der Waals surface area contributed by atoms with E-state index in [-0.39, 0.29) is 6.73 Å². The van der Waals surface area contributed by atoms with E-state index in [1.807, 2.05) is 11.9 Å². The smallest absolute Gasteiger partial charge is 0.0956 e. The highest BCUT2D eigenvalue weighted by atomic mass is 16.3. The van der Waals surface area contributed by atoms with Crippen LogP contribution in [-0.2, 0) is 6.54 Å². The predicted octanol–water partition coefficient (Wildman–Crippen LogP) is 1.38. The van der Waals surface area contributed by atoms with Crippen molar-refractivity contribution in [1.82, 2.24) is 4.90 Å². The summed E-state index contributed by atoms with van der Waals surface area (Å²) in [5.74, 6) is 0.